The van der Waals surface area contributed by atoms with Crippen molar-refractivity contribution in [3.05, 3.63) is 52.8 Å². The van der Waals surface area contributed by atoms with E-state index in [1.54, 1.807) is 13.8 Å². The number of alkyl carbamates (subject to hydrolysis) is 1. The Hall–Kier alpha value is -2.83. The van der Waals surface area contributed by atoms with Crippen LogP contribution in [0.15, 0.2) is 30.3 Å². The van der Waals surface area contributed by atoms with Gasteiger partial charge in [-0.05, 0) is 19.4 Å². The van der Waals surface area contributed by atoms with Crippen molar-refractivity contribution in [1.29, 1.82) is 0 Å². The lowest BCUT2D eigenvalue weighted by Gasteiger charge is -2.08. The number of nitrogens with one attached hydrogen (secondary N) is 1. The van der Waals surface area contributed by atoms with E-state index in [0.29, 0.717) is 11.4 Å². The number of carboxylic acids is 1. The van der Waals surface area contributed by atoms with Gasteiger partial charge in [0, 0.05) is 17.8 Å². The smallest absolute Gasteiger partial charge is 0.407 e. The average molecular weight is 317 g/mol. The van der Waals surface area contributed by atoms with Crippen LogP contribution in [0.3, 0.4) is 0 Å². The number of aromatic nitrogens is 2. The average Bonchev–Trinajstić information content (AvgIpc) is 2.77. The molecule has 0 aliphatic carbocycles. The van der Waals surface area contributed by atoms with Crippen LogP contribution in [-0.2, 0) is 29.2 Å². The highest BCUT2D eigenvalue weighted by Crippen LogP contribution is 2.12. The third-order valence-corrected chi connectivity index (χ3v) is 3.44. The minimum absolute atomic E-state index is 0.197. The Morgan fingerprint density at radius 2 is 1.96 bits per heavy atom. The van der Waals surface area contributed by atoms with E-state index in [0.717, 1.165) is 11.1 Å². The number of amides is 1. The van der Waals surface area contributed by atoms with Gasteiger partial charge in [-0.2, -0.15) is 5.10 Å². The van der Waals surface area contributed by atoms with Crippen molar-refractivity contribution in [2.75, 3.05) is 0 Å². The molecule has 122 valence electrons. The maximum atomic E-state index is 11.7. The molecule has 0 fully saturated rings. The number of carbonyl (C=O) groups excluding carboxylic acids is 1. The van der Waals surface area contributed by atoms with E-state index in [9.17, 15) is 9.59 Å². The van der Waals surface area contributed by atoms with Gasteiger partial charge in [-0.15, -0.1) is 0 Å². The van der Waals surface area contributed by atoms with Crippen molar-refractivity contribution in [1.82, 2.24) is 15.1 Å². The molecule has 0 spiro atoms. The molecule has 0 unspecified atom stereocenters. The molecule has 0 saturated heterocycles. The zero-order chi connectivity index (χ0) is 16.8. The van der Waals surface area contributed by atoms with E-state index in [1.165, 1.54) is 4.68 Å². The SMILES string of the molecule is Cc1nn(CC(=O)O)c(C)c1CNC(=O)OCc1ccccc1. The number of aliphatic carboxylic acids is 1. The fourth-order valence-corrected chi connectivity index (χ4v) is 2.21. The summed E-state index contributed by atoms with van der Waals surface area (Å²) in [5.74, 6) is -0.961. The lowest BCUT2D eigenvalue weighted by molar-refractivity contribution is -0.137. The minimum atomic E-state index is -0.961. The summed E-state index contributed by atoms with van der Waals surface area (Å²) in [6, 6.07) is 9.39. The van der Waals surface area contributed by atoms with E-state index < -0.39 is 12.1 Å². The van der Waals surface area contributed by atoms with Gasteiger partial charge in [0.15, 0.2) is 0 Å². The molecule has 23 heavy (non-hydrogen) atoms. The monoisotopic (exact) mass is 317 g/mol. The first kappa shape index (κ1) is 16.5. The first-order chi connectivity index (χ1) is 11.0. The number of hydrogen-bond acceptors (Lipinski definition) is 4. The normalized spacial score (nSPS) is 10.3. The van der Waals surface area contributed by atoms with E-state index in [4.69, 9.17) is 9.84 Å². The van der Waals surface area contributed by atoms with Crippen molar-refractivity contribution in [2.24, 2.45) is 0 Å². The highest BCUT2D eigenvalue weighted by molar-refractivity contribution is 5.67. The summed E-state index contributed by atoms with van der Waals surface area (Å²) in [6.45, 7) is 3.78. The van der Waals surface area contributed by atoms with Gasteiger partial charge in [0.25, 0.3) is 0 Å². The van der Waals surface area contributed by atoms with Crippen LogP contribution in [-0.4, -0.2) is 26.9 Å². The number of hydrogen-bond donors (Lipinski definition) is 2. The number of aryl methyl sites for hydroxylation is 1. The number of carbonyl (C=O) groups is 2. The summed E-state index contributed by atoms with van der Waals surface area (Å²) < 4.78 is 6.54. The highest BCUT2D eigenvalue weighted by atomic mass is 16.5. The van der Waals surface area contributed by atoms with Crippen LogP contribution in [0.1, 0.15) is 22.5 Å². The Morgan fingerprint density at radius 3 is 2.61 bits per heavy atom. The second kappa shape index (κ2) is 7.44. The lowest BCUT2D eigenvalue weighted by Crippen LogP contribution is -2.24. The quantitative estimate of drug-likeness (QED) is 0.850. The number of rotatable bonds is 6. The lowest BCUT2D eigenvalue weighted by atomic mass is 10.2. The molecule has 0 radical (unpaired) electrons. The molecule has 1 heterocycles. The third kappa shape index (κ3) is 4.57. The Labute approximate surface area is 133 Å². The van der Waals surface area contributed by atoms with Crippen LogP contribution in [0.2, 0.25) is 0 Å². The molecular weight excluding hydrogens is 298 g/mol. The van der Waals surface area contributed by atoms with Crippen molar-refractivity contribution < 1.29 is 19.4 Å². The van der Waals surface area contributed by atoms with Crippen molar-refractivity contribution in [3.8, 4) is 0 Å². The Bertz CT molecular complexity index is 695. The summed E-state index contributed by atoms with van der Waals surface area (Å²) in [7, 11) is 0. The van der Waals surface area contributed by atoms with Gasteiger partial charge < -0.3 is 15.2 Å². The van der Waals surface area contributed by atoms with Crippen molar-refractivity contribution in [2.45, 2.75) is 33.5 Å². The number of nitrogens with zero attached hydrogens (tertiary/aromatic N) is 2. The zero-order valence-corrected chi connectivity index (χ0v) is 13.1. The number of ether oxygens (including phenoxy) is 1. The minimum Gasteiger partial charge on any atom is -0.480 e. The first-order valence-corrected chi connectivity index (χ1v) is 7.16. The summed E-state index contributed by atoms with van der Waals surface area (Å²) in [4.78, 5) is 22.5. The summed E-state index contributed by atoms with van der Waals surface area (Å²) in [5, 5.41) is 15.7. The zero-order valence-electron chi connectivity index (χ0n) is 13.1. The molecule has 2 rings (SSSR count). The Balaban J connectivity index is 1.89. The van der Waals surface area contributed by atoms with Crippen LogP contribution < -0.4 is 5.32 Å². The maximum Gasteiger partial charge on any atom is 0.407 e. The van der Waals surface area contributed by atoms with Crippen molar-refractivity contribution in [3.63, 3.8) is 0 Å². The number of carboxylic acid groups (broad SMARTS) is 1. The number of benzene rings is 1. The van der Waals surface area contributed by atoms with Crippen LogP contribution in [0.25, 0.3) is 0 Å². The Morgan fingerprint density at radius 1 is 1.26 bits per heavy atom. The van der Waals surface area contributed by atoms with Gasteiger partial charge in [-0.25, -0.2) is 4.79 Å². The third-order valence-electron chi connectivity index (χ3n) is 3.44. The van der Waals surface area contributed by atoms with Gasteiger partial charge >= 0.3 is 12.1 Å². The summed E-state index contributed by atoms with van der Waals surface area (Å²) >= 11 is 0. The molecule has 1 aromatic heterocycles. The standard InChI is InChI=1S/C16H19N3O4/c1-11-14(12(2)19(18-11)9-15(20)21)8-17-16(22)23-10-13-6-4-3-5-7-13/h3-7H,8-10H2,1-2H3,(H,17,22)(H,20,21). The van der Waals surface area contributed by atoms with E-state index in [2.05, 4.69) is 10.4 Å². The molecule has 1 aromatic carbocycles. The van der Waals surface area contributed by atoms with Gasteiger partial charge in [-0.1, -0.05) is 30.3 Å². The van der Waals surface area contributed by atoms with Gasteiger partial charge in [0.05, 0.1) is 5.69 Å². The molecule has 0 aliphatic rings. The van der Waals surface area contributed by atoms with Crippen LogP contribution in [0.5, 0.6) is 0 Å². The van der Waals surface area contributed by atoms with Gasteiger partial charge in [0.1, 0.15) is 13.2 Å². The topological polar surface area (TPSA) is 93.5 Å². The summed E-state index contributed by atoms with van der Waals surface area (Å²) in [6.07, 6.45) is -0.529. The van der Waals surface area contributed by atoms with Gasteiger partial charge in [0.2, 0.25) is 0 Å². The second-order valence-electron chi connectivity index (χ2n) is 5.12. The van der Waals surface area contributed by atoms with E-state index in [-0.39, 0.29) is 19.7 Å². The molecule has 0 saturated carbocycles. The second-order valence-corrected chi connectivity index (χ2v) is 5.12. The van der Waals surface area contributed by atoms with Crippen LogP contribution in [0, 0.1) is 13.8 Å². The molecule has 7 heteroatoms. The predicted molar refractivity (Wildman–Crippen MR) is 82.8 cm³/mol. The fourth-order valence-electron chi connectivity index (χ4n) is 2.21. The molecular formula is C16H19N3O4. The Kier molecular flexibility index (Phi) is 5.35. The molecule has 0 aliphatic heterocycles. The summed E-state index contributed by atoms with van der Waals surface area (Å²) in [5.41, 5.74) is 3.10. The van der Waals surface area contributed by atoms with E-state index >= 15 is 0 Å². The highest BCUT2D eigenvalue weighted by Gasteiger charge is 2.14. The van der Waals surface area contributed by atoms with Crippen molar-refractivity contribution >= 4 is 12.1 Å². The maximum absolute atomic E-state index is 11.7. The van der Waals surface area contributed by atoms with Gasteiger partial charge in [-0.3, -0.25) is 9.48 Å². The molecule has 7 nitrogen and oxygen atoms in total. The molecule has 0 atom stereocenters. The molecule has 2 N–H and O–H groups in total. The molecule has 2 aromatic rings. The largest absolute Gasteiger partial charge is 0.480 e. The first-order valence-electron chi connectivity index (χ1n) is 7.16. The fraction of sp³-hybridized carbons (Fsp3) is 0.312. The van der Waals surface area contributed by atoms with E-state index in [1.807, 2.05) is 30.3 Å². The molecule has 1 amide bonds. The van der Waals surface area contributed by atoms with Crippen LogP contribution in [0.4, 0.5) is 4.79 Å². The predicted octanol–water partition coefficient (Wildman–Crippen LogP) is 2.01. The van der Waals surface area contributed by atoms with Crippen LogP contribution >= 0.6 is 0 Å². The molecule has 0 bridgehead atoms.